The second-order valence-electron chi connectivity index (χ2n) is 9.42. The maximum atomic E-state index is 13.0. The fourth-order valence-electron chi connectivity index (χ4n) is 4.54. The van der Waals surface area contributed by atoms with Crippen molar-refractivity contribution < 1.29 is 19.4 Å². The molecule has 7 heteroatoms. The largest absolute Gasteiger partial charge is 0.504 e. The first-order valence-electron chi connectivity index (χ1n) is 10.3. The molecule has 2 bridgehead atoms. The summed E-state index contributed by atoms with van der Waals surface area (Å²) in [6, 6.07) is 11.0. The Hall–Kier alpha value is -2.80. The highest BCUT2D eigenvalue weighted by Gasteiger charge is 2.60. The van der Waals surface area contributed by atoms with Crippen LogP contribution in [0.15, 0.2) is 36.4 Å². The molecule has 0 radical (unpaired) electrons. The van der Waals surface area contributed by atoms with Gasteiger partial charge >= 0.3 is 5.97 Å². The van der Waals surface area contributed by atoms with E-state index >= 15 is 0 Å². The van der Waals surface area contributed by atoms with Crippen LogP contribution < -0.4 is 15.0 Å². The summed E-state index contributed by atoms with van der Waals surface area (Å²) >= 11 is 5.74. The molecule has 3 unspecified atom stereocenters. The minimum atomic E-state index is -1.19. The molecule has 2 aliphatic heterocycles. The van der Waals surface area contributed by atoms with Crippen molar-refractivity contribution in [3.63, 3.8) is 0 Å². The summed E-state index contributed by atoms with van der Waals surface area (Å²) in [6.07, 6.45) is 0. The van der Waals surface area contributed by atoms with Crippen LogP contribution in [0.3, 0.4) is 0 Å². The highest BCUT2D eigenvalue weighted by atomic mass is 32.1. The number of ether oxygens (including phenoxy) is 2. The van der Waals surface area contributed by atoms with Crippen molar-refractivity contribution in [2.75, 3.05) is 12.0 Å². The highest BCUT2D eigenvalue weighted by molar-refractivity contribution is 7.80. The van der Waals surface area contributed by atoms with Gasteiger partial charge in [-0.25, -0.2) is 0 Å². The van der Waals surface area contributed by atoms with Crippen molar-refractivity contribution in [2.45, 2.75) is 51.8 Å². The van der Waals surface area contributed by atoms with Crippen LogP contribution in [0.2, 0.25) is 0 Å². The maximum absolute atomic E-state index is 13.0. The molecule has 2 aliphatic rings. The molecule has 2 aromatic carbocycles. The summed E-state index contributed by atoms with van der Waals surface area (Å²) in [4.78, 5) is 14.8. The topological polar surface area (TPSA) is 71.0 Å². The number of carbonyl (C=O) groups is 1. The summed E-state index contributed by atoms with van der Waals surface area (Å²) in [7, 11) is 1.37. The molecular formula is C24H28N2O4S. The van der Waals surface area contributed by atoms with Gasteiger partial charge < -0.3 is 19.9 Å². The van der Waals surface area contributed by atoms with E-state index < -0.39 is 23.7 Å². The Kier molecular flexibility index (Phi) is 4.92. The monoisotopic (exact) mass is 440 g/mol. The molecule has 2 aromatic rings. The zero-order valence-corrected chi connectivity index (χ0v) is 19.5. The summed E-state index contributed by atoms with van der Waals surface area (Å²) in [5.41, 5.74) is 2.09. The van der Waals surface area contributed by atoms with E-state index in [1.807, 2.05) is 44.2 Å². The fraction of sp³-hybridized carbons (Fsp3) is 0.417. The van der Waals surface area contributed by atoms with Gasteiger partial charge in [0.15, 0.2) is 16.6 Å². The molecule has 164 valence electrons. The molecule has 2 heterocycles. The van der Waals surface area contributed by atoms with Crippen molar-refractivity contribution in [3.8, 4) is 11.5 Å². The molecule has 2 N–H and O–H groups in total. The first kappa shape index (κ1) is 21.4. The third-order valence-electron chi connectivity index (χ3n) is 6.16. The Morgan fingerprint density at radius 2 is 2.00 bits per heavy atom. The van der Waals surface area contributed by atoms with Gasteiger partial charge in [-0.05, 0) is 66.9 Å². The third-order valence-corrected chi connectivity index (χ3v) is 6.46. The van der Waals surface area contributed by atoms with Gasteiger partial charge in [0.2, 0.25) is 5.72 Å². The van der Waals surface area contributed by atoms with E-state index in [0.717, 1.165) is 16.8 Å². The Bertz CT molecular complexity index is 1080. The van der Waals surface area contributed by atoms with Crippen LogP contribution in [0.5, 0.6) is 11.5 Å². The number of methoxy groups -OCH3 is 1. The van der Waals surface area contributed by atoms with Crippen LogP contribution in [0.25, 0.3) is 0 Å². The van der Waals surface area contributed by atoms with E-state index in [4.69, 9.17) is 21.7 Å². The number of nitrogens with one attached hydrogen (secondary N) is 1. The lowest BCUT2D eigenvalue weighted by molar-refractivity contribution is -0.157. The predicted octanol–water partition coefficient (Wildman–Crippen LogP) is 4.33. The molecule has 4 rings (SSSR count). The van der Waals surface area contributed by atoms with E-state index in [9.17, 15) is 9.90 Å². The number of aryl methyl sites for hydroxylation is 1. The molecule has 6 nitrogen and oxygen atoms in total. The second-order valence-corrected chi connectivity index (χ2v) is 9.81. The Labute approximate surface area is 188 Å². The maximum Gasteiger partial charge on any atom is 0.317 e. The van der Waals surface area contributed by atoms with Gasteiger partial charge in [0.1, 0.15) is 5.92 Å². The SMILES string of the molecule is COC(=O)C1C2NC(=S)N(c3cccc(C)c3)C1(C)Oc1c(O)cc(C(C)(C)C)cc12. The minimum Gasteiger partial charge on any atom is -0.504 e. The lowest BCUT2D eigenvalue weighted by Crippen LogP contribution is -2.71. The van der Waals surface area contributed by atoms with Crippen molar-refractivity contribution in [2.24, 2.45) is 5.92 Å². The van der Waals surface area contributed by atoms with Gasteiger partial charge in [-0.2, -0.15) is 0 Å². The van der Waals surface area contributed by atoms with E-state index in [2.05, 4.69) is 26.1 Å². The molecule has 3 atom stereocenters. The van der Waals surface area contributed by atoms with Crippen LogP contribution in [-0.2, 0) is 14.9 Å². The van der Waals surface area contributed by atoms with Crippen LogP contribution in [0.1, 0.15) is 50.4 Å². The number of aromatic hydroxyl groups is 1. The average Bonchev–Trinajstić information content (AvgIpc) is 2.67. The molecule has 0 spiro atoms. The van der Waals surface area contributed by atoms with E-state index in [0.29, 0.717) is 16.4 Å². The lowest BCUT2D eigenvalue weighted by atomic mass is 9.77. The van der Waals surface area contributed by atoms with Gasteiger partial charge in [0, 0.05) is 11.3 Å². The van der Waals surface area contributed by atoms with Crippen molar-refractivity contribution in [3.05, 3.63) is 53.1 Å². The van der Waals surface area contributed by atoms with E-state index in [-0.39, 0.29) is 11.2 Å². The molecule has 0 aromatic heterocycles. The number of thiocarbonyl (C=S) groups is 1. The number of rotatable bonds is 2. The van der Waals surface area contributed by atoms with Crippen LogP contribution in [0, 0.1) is 12.8 Å². The zero-order chi connectivity index (χ0) is 22.7. The molecular weight excluding hydrogens is 412 g/mol. The number of phenolic OH excluding ortho intramolecular Hbond substituents is 1. The molecule has 1 fully saturated rings. The Morgan fingerprint density at radius 1 is 1.29 bits per heavy atom. The van der Waals surface area contributed by atoms with Crippen LogP contribution in [0.4, 0.5) is 5.69 Å². The number of phenols is 1. The number of hydrogen-bond acceptors (Lipinski definition) is 5. The standard InChI is InChI=1S/C24H28N2O4S/c1-13-8-7-9-15(10-13)26-22(31)25-19-16-11-14(23(2,3)4)12-17(27)20(16)30-24(26,5)18(19)21(28)29-6/h7-12,18-19,27H,1-6H3,(H,25,31). The zero-order valence-electron chi connectivity index (χ0n) is 18.6. The fourth-order valence-corrected chi connectivity index (χ4v) is 4.95. The van der Waals surface area contributed by atoms with Crippen molar-refractivity contribution >= 4 is 29.0 Å². The first-order valence-corrected chi connectivity index (χ1v) is 10.7. The summed E-state index contributed by atoms with van der Waals surface area (Å²) in [6.45, 7) is 10.0. The van der Waals surface area contributed by atoms with Gasteiger partial charge in [-0.15, -0.1) is 0 Å². The predicted molar refractivity (Wildman–Crippen MR) is 123 cm³/mol. The van der Waals surface area contributed by atoms with Crippen LogP contribution in [-0.4, -0.2) is 29.0 Å². The van der Waals surface area contributed by atoms with Crippen molar-refractivity contribution in [1.82, 2.24) is 5.32 Å². The molecule has 0 aliphatic carbocycles. The minimum absolute atomic E-state index is 0.0424. The van der Waals surface area contributed by atoms with E-state index in [1.165, 1.54) is 7.11 Å². The molecule has 1 saturated heterocycles. The number of nitrogens with zero attached hydrogens (tertiary/aromatic N) is 1. The van der Waals surface area contributed by atoms with Gasteiger partial charge in [0.25, 0.3) is 0 Å². The number of benzene rings is 2. The number of fused-ring (bicyclic) bond motifs is 4. The summed E-state index contributed by atoms with van der Waals surface area (Å²) < 4.78 is 11.6. The number of hydrogen-bond donors (Lipinski definition) is 2. The average molecular weight is 441 g/mol. The highest BCUT2D eigenvalue weighted by Crippen LogP contribution is 2.53. The molecule has 0 saturated carbocycles. The molecule has 31 heavy (non-hydrogen) atoms. The summed E-state index contributed by atoms with van der Waals surface area (Å²) in [5.74, 6) is -0.729. The van der Waals surface area contributed by atoms with E-state index in [1.54, 1.807) is 11.0 Å². The third kappa shape index (κ3) is 3.31. The Balaban J connectivity index is 1.95. The van der Waals surface area contributed by atoms with Crippen molar-refractivity contribution in [1.29, 1.82) is 0 Å². The smallest absolute Gasteiger partial charge is 0.317 e. The molecule has 0 amide bonds. The van der Waals surface area contributed by atoms with Gasteiger partial charge in [-0.3, -0.25) is 9.69 Å². The Morgan fingerprint density at radius 3 is 2.61 bits per heavy atom. The number of carbonyl (C=O) groups excluding carboxylic acids is 1. The summed E-state index contributed by atoms with van der Waals surface area (Å²) in [5, 5.41) is 14.7. The van der Waals surface area contributed by atoms with Crippen LogP contribution >= 0.6 is 12.2 Å². The normalized spacial score (nSPS) is 24.7. The first-order chi connectivity index (χ1) is 14.5. The quantitative estimate of drug-likeness (QED) is 0.532. The van der Waals surface area contributed by atoms with Gasteiger partial charge in [-0.1, -0.05) is 32.9 Å². The lowest BCUT2D eigenvalue weighted by Gasteiger charge is -2.55. The number of esters is 1. The van der Waals surface area contributed by atoms with Gasteiger partial charge in [0.05, 0.1) is 13.2 Å². The number of anilines is 1. The second kappa shape index (κ2) is 7.12.